The van der Waals surface area contributed by atoms with E-state index in [1.165, 1.54) is 29.8 Å². The molecule has 0 bridgehead atoms. The Morgan fingerprint density at radius 2 is 2.00 bits per heavy atom. The number of allylic oxidation sites excluding steroid dienone is 5. The topological polar surface area (TPSA) is 3.24 Å². The van der Waals surface area contributed by atoms with Gasteiger partial charge < -0.3 is 4.90 Å². The van der Waals surface area contributed by atoms with Crippen LogP contribution < -0.4 is 0 Å². The summed E-state index contributed by atoms with van der Waals surface area (Å²) in [4.78, 5) is 2.45. The van der Waals surface area contributed by atoms with Gasteiger partial charge in [-0.25, -0.2) is 0 Å². The number of hydrogen-bond acceptors (Lipinski definition) is 1. The molecule has 0 aromatic carbocycles. The second kappa shape index (κ2) is 7.57. The third-order valence-electron chi connectivity index (χ3n) is 4.04. The van der Waals surface area contributed by atoms with E-state index in [2.05, 4.69) is 64.7 Å². The van der Waals surface area contributed by atoms with Gasteiger partial charge in [0.05, 0.1) is 0 Å². The first-order chi connectivity index (χ1) is 8.99. The van der Waals surface area contributed by atoms with Crippen LogP contribution in [-0.2, 0) is 0 Å². The summed E-state index contributed by atoms with van der Waals surface area (Å²) < 4.78 is 0. The average molecular weight is 261 g/mol. The number of rotatable bonds is 3. The van der Waals surface area contributed by atoms with Crippen molar-refractivity contribution in [3.63, 3.8) is 0 Å². The molecular weight excluding hydrogens is 230 g/mol. The van der Waals surface area contributed by atoms with Crippen LogP contribution in [0.15, 0.2) is 35.2 Å². The molecule has 0 saturated carbocycles. The van der Waals surface area contributed by atoms with Gasteiger partial charge in [0.25, 0.3) is 0 Å². The fourth-order valence-electron chi connectivity index (χ4n) is 2.82. The molecule has 1 nitrogen and oxygen atoms in total. The zero-order valence-electron chi connectivity index (χ0n) is 13.7. The first-order valence-electron chi connectivity index (χ1n) is 7.82. The lowest BCUT2D eigenvalue weighted by Crippen LogP contribution is -2.20. The standard InChI is InChI=1S/C18H31N/c1-7-9-18-12-15(5)10-11-17(14(3)4)13-16(6)19(18)8-2/h9,12-14,17H,7-8,10-11H2,1-6H3/b15-12-,16-13+,18-9?. The number of likely N-dealkylation sites (N-methyl/N-ethyl adjacent to an activating group) is 1. The summed E-state index contributed by atoms with van der Waals surface area (Å²) in [5.41, 5.74) is 4.29. The quantitative estimate of drug-likeness (QED) is 0.646. The van der Waals surface area contributed by atoms with Crippen molar-refractivity contribution >= 4 is 0 Å². The smallest absolute Gasteiger partial charge is 0.0366 e. The van der Waals surface area contributed by atoms with E-state index in [0.717, 1.165) is 18.9 Å². The molecule has 1 aliphatic rings. The molecule has 1 heteroatoms. The maximum absolute atomic E-state index is 2.49. The van der Waals surface area contributed by atoms with Crippen LogP contribution in [0.25, 0.3) is 0 Å². The second-order valence-corrected chi connectivity index (χ2v) is 6.03. The highest BCUT2D eigenvalue weighted by atomic mass is 15.1. The van der Waals surface area contributed by atoms with E-state index in [0.29, 0.717) is 5.92 Å². The van der Waals surface area contributed by atoms with Gasteiger partial charge in [0.1, 0.15) is 0 Å². The number of hydrogen-bond donors (Lipinski definition) is 0. The van der Waals surface area contributed by atoms with Crippen LogP contribution in [0, 0.1) is 11.8 Å². The van der Waals surface area contributed by atoms with Gasteiger partial charge in [-0.1, -0.05) is 38.5 Å². The van der Waals surface area contributed by atoms with Gasteiger partial charge in [-0.15, -0.1) is 0 Å². The van der Waals surface area contributed by atoms with Gasteiger partial charge in [-0.2, -0.15) is 0 Å². The summed E-state index contributed by atoms with van der Waals surface area (Å²) in [6.45, 7) is 14.7. The molecule has 1 aliphatic heterocycles. The maximum Gasteiger partial charge on any atom is 0.0366 e. The summed E-state index contributed by atoms with van der Waals surface area (Å²) in [5, 5.41) is 0. The zero-order chi connectivity index (χ0) is 14.4. The van der Waals surface area contributed by atoms with Gasteiger partial charge >= 0.3 is 0 Å². The third-order valence-corrected chi connectivity index (χ3v) is 4.04. The molecular formula is C18H31N. The monoisotopic (exact) mass is 261 g/mol. The lowest BCUT2D eigenvalue weighted by molar-refractivity contribution is 0.414. The molecule has 1 unspecified atom stereocenters. The molecule has 1 heterocycles. The molecule has 0 aliphatic carbocycles. The maximum atomic E-state index is 2.49. The lowest BCUT2D eigenvalue weighted by Gasteiger charge is -2.27. The van der Waals surface area contributed by atoms with Crippen molar-refractivity contribution in [2.24, 2.45) is 11.8 Å². The molecule has 0 amide bonds. The van der Waals surface area contributed by atoms with Crippen molar-refractivity contribution in [2.45, 2.75) is 60.8 Å². The van der Waals surface area contributed by atoms with E-state index in [1.54, 1.807) is 0 Å². The molecule has 0 aromatic rings. The molecule has 19 heavy (non-hydrogen) atoms. The molecule has 0 radical (unpaired) electrons. The molecule has 0 spiro atoms. The summed E-state index contributed by atoms with van der Waals surface area (Å²) in [7, 11) is 0. The van der Waals surface area contributed by atoms with Crippen molar-refractivity contribution in [3.8, 4) is 0 Å². The minimum Gasteiger partial charge on any atom is -0.346 e. The molecule has 108 valence electrons. The molecule has 0 N–H and O–H groups in total. The van der Waals surface area contributed by atoms with Crippen LogP contribution in [0.2, 0.25) is 0 Å². The van der Waals surface area contributed by atoms with Crippen LogP contribution >= 0.6 is 0 Å². The van der Waals surface area contributed by atoms with Crippen LogP contribution in [0.3, 0.4) is 0 Å². The molecule has 1 rings (SSSR count). The van der Waals surface area contributed by atoms with Crippen LogP contribution in [-0.4, -0.2) is 11.4 Å². The minimum atomic E-state index is 0.693. The van der Waals surface area contributed by atoms with E-state index >= 15 is 0 Å². The van der Waals surface area contributed by atoms with Crippen molar-refractivity contribution in [2.75, 3.05) is 6.54 Å². The highest BCUT2D eigenvalue weighted by Gasteiger charge is 2.16. The van der Waals surface area contributed by atoms with Crippen molar-refractivity contribution < 1.29 is 0 Å². The Hall–Kier alpha value is -0.980. The predicted molar refractivity (Wildman–Crippen MR) is 85.8 cm³/mol. The van der Waals surface area contributed by atoms with Crippen molar-refractivity contribution in [3.05, 3.63) is 35.2 Å². The van der Waals surface area contributed by atoms with Gasteiger partial charge in [-0.05, 0) is 57.9 Å². The SMILES string of the molecule is CCC=C1/C=C(/C)CCC(C(C)C)/C=C(\C)N1CC. The Labute approximate surface area is 120 Å². The Morgan fingerprint density at radius 3 is 2.53 bits per heavy atom. The predicted octanol–water partition coefficient (Wildman–Crippen LogP) is 5.52. The first kappa shape index (κ1) is 16.1. The van der Waals surface area contributed by atoms with Crippen molar-refractivity contribution in [1.82, 2.24) is 4.90 Å². The molecule has 0 fully saturated rings. The summed E-state index contributed by atoms with van der Waals surface area (Å²) in [6.07, 6.45) is 10.8. The van der Waals surface area contributed by atoms with E-state index in [4.69, 9.17) is 0 Å². The minimum absolute atomic E-state index is 0.693. The summed E-state index contributed by atoms with van der Waals surface area (Å²) in [5.74, 6) is 1.41. The molecule has 1 atom stereocenters. The summed E-state index contributed by atoms with van der Waals surface area (Å²) in [6, 6.07) is 0. The first-order valence-corrected chi connectivity index (χ1v) is 7.82. The van der Waals surface area contributed by atoms with E-state index < -0.39 is 0 Å². The van der Waals surface area contributed by atoms with Crippen LogP contribution in [0.4, 0.5) is 0 Å². The largest absolute Gasteiger partial charge is 0.346 e. The van der Waals surface area contributed by atoms with E-state index in [-0.39, 0.29) is 0 Å². The van der Waals surface area contributed by atoms with Crippen LogP contribution in [0.5, 0.6) is 0 Å². The highest BCUT2D eigenvalue weighted by Crippen LogP contribution is 2.28. The zero-order valence-corrected chi connectivity index (χ0v) is 13.7. The van der Waals surface area contributed by atoms with E-state index in [9.17, 15) is 0 Å². The highest BCUT2D eigenvalue weighted by molar-refractivity contribution is 5.27. The fourth-order valence-corrected chi connectivity index (χ4v) is 2.82. The lowest BCUT2D eigenvalue weighted by atomic mass is 9.89. The van der Waals surface area contributed by atoms with Gasteiger partial charge in [0, 0.05) is 17.9 Å². The van der Waals surface area contributed by atoms with Crippen molar-refractivity contribution in [1.29, 1.82) is 0 Å². The normalized spacial score (nSPS) is 29.3. The Kier molecular flexibility index (Phi) is 6.41. The Balaban J connectivity index is 3.18. The molecule has 0 saturated heterocycles. The Bertz CT molecular complexity index is 371. The second-order valence-electron chi connectivity index (χ2n) is 6.03. The van der Waals surface area contributed by atoms with Gasteiger partial charge in [0.2, 0.25) is 0 Å². The van der Waals surface area contributed by atoms with E-state index in [1.807, 2.05) is 0 Å². The average Bonchev–Trinajstić information content (AvgIpc) is 2.39. The van der Waals surface area contributed by atoms with Gasteiger partial charge in [-0.3, -0.25) is 0 Å². The van der Waals surface area contributed by atoms with Crippen LogP contribution in [0.1, 0.15) is 60.8 Å². The summed E-state index contributed by atoms with van der Waals surface area (Å²) >= 11 is 0. The fraction of sp³-hybridized carbons (Fsp3) is 0.667. The number of nitrogens with zero attached hydrogens (tertiary/aromatic N) is 1. The molecule has 0 aromatic heterocycles. The third kappa shape index (κ3) is 4.56. The van der Waals surface area contributed by atoms with Gasteiger partial charge in [0.15, 0.2) is 0 Å². The Morgan fingerprint density at radius 1 is 1.32 bits per heavy atom.